The molecule has 0 radical (unpaired) electrons. The summed E-state index contributed by atoms with van der Waals surface area (Å²) in [6.45, 7) is 4.08. The summed E-state index contributed by atoms with van der Waals surface area (Å²) in [5.41, 5.74) is 2.30. The molecule has 3 aromatic rings. The summed E-state index contributed by atoms with van der Waals surface area (Å²) in [5.74, 6) is -1.55. The number of aryl methyl sites for hydroxylation is 1. The van der Waals surface area contributed by atoms with E-state index in [-0.39, 0.29) is 29.4 Å². The monoisotopic (exact) mass is 444 g/mol. The molecule has 0 bridgehead atoms. The van der Waals surface area contributed by atoms with E-state index >= 15 is 0 Å². The van der Waals surface area contributed by atoms with E-state index in [1.54, 1.807) is 12.6 Å². The van der Waals surface area contributed by atoms with Gasteiger partial charge in [0.05, 0.1) is 15.8 Å². The van der Waals surface area contributed by atoms with Gasteiger partial charge in [-0.3, -0.25) is 9.25 Å². The topological polar surface area (TPSA) is 91.4 Å². The lowest BCUT2D eigenvalue weighted by atomic mass is 10.1. The van der Waals surface area contributed by atoms with E-state index < -0.39 is 20.7 Å². The first kappa shape index (κ1) is 21.4. The summed E-state index contributed by atoms with van der Waals surface area (Å²) < 4.78 is 39.2. The van der Waals surface area contributed by atoms with Crippen LogP contribution in [0, 0.1) is 0 Å². The Labute approximate surface area is 170 Å². The maximum atomic E-state index is 12.8. The fourth-order valence-corrected chi connectivity index (χ4v) is 4.50. The maximum Gasteiger partial charge on any atom is 0.388 e. The van der Waals surface area contributed by atoms with E-state index in [1.807, 2.05) is 0 Å². The van der Waals surface area contributed by atoms with Crippen LogP contribution < -0.4 is 4.74 Å². The average molecular weight is 445 g/mol. The molecule has 29 heavy (non-hydrogen) atoms. The van der Waals surface area contributed by atoms with Gasteiger partial charge in [0.25, 0.3) is 0 Å². The van der Waals surface area contributed by atoms with Crippen LogP contribution in [0.3, 0.4) is 0 Å². The Hall–Kier alpha value is -2.31. The minimum atomic E-state index is -3.08. The van der Waals surface area contributed by atoms with Gasteiger partial charge in [-0.2, -0.15) is 8.78 Å². The Morgan fingerprint density at radius 3 is 2.72 bits per heavy atom. The van der Waals surface area contributed by atoms with E-state index in [0.717, 1.165) is 6.04 Å². The van der Waals surface area contributed by atoms with Gasteiger partial charge in [-0.15, -0.1) is 16.4 Å². The zero-order valence-corrected chi connectivity index (χ0v) is 18.3. The first-order valence-electron chi connectivity index (χ1n) is 8.84. The Morgan fingerprint density at radius 2 is 2.10 bits per heavy atom. The van der Waals surface area contributed by atoms with Crippen molar-refractivity contribution in [1.29, 1.82) is 0 Å². The second-order valence-corrected chi connectivity index (χ2v) is 14.2. The van der Waals surface area contributed by atoms with E-state index in [4.69, 9.17) is 4.74 Å². The van der Waals surface area contributed by atoms with Crippen molar-refractivity contribution in [2.24, 2.45) is 7.05 Å². The Morgan fingerprint density at radius 1 is 1.38 bits per heavy atom. The Balaban J connectivity index is 2.06. The van der Waals surface area contributed by atoms with Gasteiger partial charge < -0.3 is 14.6 Å². The highest BCUT2D eigenvalue weighted by atomic mass is 32.1. The third-order valence-electron chi connectivity index (χ3n) is 4.22. The summed E-state index contributed by atoms with van der Waals surface area (Å²) in [6.07, 6.45) is 1.45. The SMILES string of the molecule is Cn1cc(-c2c(C(=O)O)n(COCC[Si](C)(C)C)c3ncsc23)c(OC(F)F)n1. The van der Waals surface area contributed by atoms with E-state index in [0.29, 0.717) is 17.0 Å². The first-order chi connectivity index (χ1) is 13.6. The lowest BCUT2D eigenvalue weighted by molar-refractivity contribution is -0.0527. The van der Waals surface area contributed by atoms with E-state index in [9.17, 15) is 18.7 Å². The number of carboxylic acids is 1. The highest BCUT2D eigenvalue weighted by Crippen LogP contribution is 2.41. The minimum absolute atomic E-state index is 0.00233. The van der Waals surface area contributed by atoms with Gasteiger partial charge in [-0.1, -0.05) is 19.6 Å². The highest BCUT2D eigenvalue weighted by molar-refractivity contribution is 7.17. The molecule has 12 heteroatoms. The van der Waals surface area contributed by atoms with Crippen molar-refractivity contribution in [2.75, 3.05) is 6.61 Å². The molecule has 0 aromatic carbocycles. The van der Waals surface area contributed by atoms with Crippen LogP contribution in [0.1, 0.15) is 10.5 Å². The summed E-state index contributed by atoms with van der Waals surface area (Å²) >= 11 is 1.22. The van der Waals surface area contributed by atoms with Crippen molar-refractivity contribution in [3.8, 4) is 17.0 Å². The number of aromatic carboxylic acids is 1. The second-order valence-electron chi connectivity index (χ2n) is 7.71. The summed E-state index contributed by atoms with van der Waals surface area (Å²) in [7, 11) is 0.242. The molecule has 158 valence electrons. The van der Waals surface area contributed by atoms with Crippen molar-refractivity contribution in [1.82, 2.24) is 19.3 Å². The molecule has 8 nitrogen and oxygen atoms in total. The molecule has 0 aliphatic rings. The Kier molecular flexibility index (Phi) is 6.05. The zero-order valence-electron chi connectivity index (χ0n) is 16.5. The molecule has 0 spiro atoms. The summed E-state index contributed by atoms with van der Waals surface area (Å²) in [6, 6.07) is 0.929. The number of rotatable bonds is 9. The number of fused-ring (bicyclic) bond motifs is 1. The van der Waals surface area contributed by atoms with Crippen LogP contribution in [-0.4, -0.2) is 51.7 Å². The second kappa shape index (κ2) is 8.20. The standard InChI is InChI=1S/C17H22F2N4O4SSi/c1-22-7-10(15(21-22)27-17(18)19)11-12(16(24)25)23(14-13(11)28-8-20-14)9-26-5-6-29(2,3)4/h7-8,17H,5-6,9H2,1-4H3,(H,24,25). The van der Waals surface area contributed by atoms with Crippen molar-refractivity contribution in [2.45, 2.75) is 39.0 Å². The van der Waals surface area contributed by atoms with Crippen LogP contribution in [0.15, 0.2) is 11.7 Å². The predicted octanol–water partition coefficient (Wildman–Crippen LogP) is 4.11. The molecule has 3 aromatic heterocycles. The number of carbonyl (C=O) groups is 1. The molecule has 0 aliphatic heterocycles. The van der Waals surface area contributed by atoms with E-state index in [1.165, 1.54) is 26.8 Å². The van der Waals surface area contributed by atoms with Crippen LogP contribution >= 0.6 is 11.3 Å². The van der Waals surface area contributed by atoms with Gasteiger partial charge in [-0.25, -0.2) is 9.78 Å². The summed E-state index contributed by atoms with van der Waals surface area (Å²) in [4.78, 5) is 16.4. The molecular weight excluding hydrogens is 422 g/mol. The highest BCUT2D eigenvalue weighted by Gasteiger charge is 2.29. The van der Waals surface area contributed by atoms with Gasteiger partial charge in [0.15, 0.2) is 5.65 Å². The zero-order chi connectivity index (χ0) is 21.3. The average Bonchev–Trinajstić information content (AvgIpc) is 3.24. The number of nitrogens with zero attached hydrogens (tertiary/aromatic N) is 4. The van der Waals surface area contributed by atoms with Gasteiger partial charge in [0, 0.05) is 33.5 Å². The minimum Gasteiger partial charge on any atom is -0.477 e. The van der Waals surface area contributed by atoms with Gasteiger partial charge in [0.2, 0.25) is 5.88 Å². The van der Waals surface area contributed by atoms with Crippen LogP contribution in [0.2, 0.25) is 25.7 Å². The van der Waals surface area contributed by atoms with Crippen LogP contribution in [0.4, 0.5) is 8.78 Å². The van der Waals surface area contributed by atoms with Gasteiger partial charge in [-0.05, 0) is 6.04 Å². The number of ether oxygens (including phenoxy) is 2. The third-order valence-corrected chi connectivity index (χ3v) is 6.76. The fourth-order valence-electron chi connectivity index (χ4n) is 2.89. The molecule has 0 amide bonds. The molecule has 3 rings (SSSR count). The number of thiazole rings is 1. The van der Waals surface area contributed by atoms with Crippen molar-refractivity contribution < 1.29 is 28.2 Å². The van der Waals surface area contributed by atoms with Crippen molar-refractivity contribution in [3.63, 3.8) is 0 Å². The molecular formula is C17H22F2N4O4SSi. The number of carboxylic acid groups (broad SMARTS) is 1. The number of hydrogen-bond donors (Lipinski definition) is 1. The number of alkyl halides is 2. The molecule has 3 heterocycles. The number of aromatic nitrogens is 4. The predicted molar refractivity (Wildman–Crippen MR) is 108 cm³/mol. The normalized spacial score (nSPS) is 12.2. The Bertz CT molecular complexity index is 1020. The van der Waals surface area contributed by atoms with Crippen molar-refractivity contribution >= 4 is 35.7 Å². The molecule has 0 unspecified atom stereocenters. The largest absolute Gasteiger partial charge is 0.477 e. The van der Waals surface area contributed by atoms with Gasteiger partial charge >= 0.3 is 12.6 Å². The molecule has 0 saturated heterocycles. The van der Waals surface area contributed by atoms with Crippen LogP contribution in [0.5, 0.6) is 5.88 Å². The third kappa shape index (κ3) is 4.65. The molecule has 1 N–H and O–H groups in total. The number of hydrogen-bond acceptors (Lipinski definition) is 6. The number of halogens is 2. The van der Waals surface area contributed by atoms with E-state index in [2.05, 4.69) is 34.5 Å². The summed E-state index contributed by atoms with van der Waals surface area (Å²) in [5, 5.41) is 13.8. The molecule has 0 saturated carbocycles. The van der Waals surface area contributed by atoms with Crippen LogP contribution in [-0.2, 0) is 18.5 Å². The molecule has 0 fully saturated rings. The lowest BCUT2D eigenvalue weighted by Gasteiger charge is -2.16. The van der Waals surface area contributed by atoms with Crippen molar-refractivity contribution in [3.05, 3.63) is 17.4 Å². The first-order valence-corrected chi connectivity index (χ1v) is 13.4. The van der Waals surface area contributed by atoms with Crippen LogP contribution in [0.25, 0.3) is 21.5 Å². The lowest BCUT2D eigenvalue weighted by Crippen LogP contribution is -2.22. The smallest absolute Gasteiger partial charge is 0.388 e. The maximum absolute atomic E-state index is 12.8. The van der Waals surface area contributed by atoms with Gasteiger partial charge in [0.1, 0.15) is 12.4 Å². The molecule has 0 atom stereocenters. The quantitative estimate of drug-likeness (QED) is 0.394. The fraction of sp³-hybridized carbons (Fsp3) is 0.471. The molecule has 0 aliphatic carbocycles.